The molecule has 5 nitrogen and oxygen atoms in total. The van der Waals surface area contributed by atoms with E-state index in [9.17, 15) is 4.79 Å². The van der Waals surface area contributed by atoms with E-state index in [0.717, 1.165) is 21.6 Å². The van der Waals surface area contributed by atoms with Crippen molar-refractivity contribution in [3.8, 4) is 18.3 Å². The molecule has 126 valence electrons. The van der Waals surface area contributed by atoms with Crippen molar-refractivity contribution in [3.63, 3.8) is 0 Å². The molecule has 25 heavy (non-hydrogen) atoms. The van der Waals surface area contributed by atoms with Crippen LogP contribution in [0.25, 0.3) is 17.0 Å². The Morgan fingerprint density at radius 3 is 3.00 bits per heavy atom. The summed E-state index contributed by atoms with van der Waals surface area (Å²) >= 11 is 7.60. The Morgan fingerprint density at radius 2 is 2.28 bits per heavy atom. The lowest BCUT2D eigenvalue weighted by atomic mass is 10.3. The number of H-pyrrole nitrogens is 2. The number of benzene rings is 1. The standard InChI is InChI=1S/C18H15ClN4OS/c1-3-7-16(13(19)4-2)25-11-12-10-17(24)23(22-12)18-20-14-8-5-6-9-15(14)21-18/h1,4-10,22H,11H2,2H3,(H,20,21)/b13-4+,16-7+. The zero-order valence-electron chi connectivity index (χ0n) is 13.4. The molecule has 2 N–H and O–H groups in total. The highest BCUT2D eigenvalue weighted by Gasteiger charge is 2.11. The lowest BCUT2D eigenvalue weighted by Crippen LogP contribution is -2.14. The Bertz CT molecular complexity index is 1030. The molecule has 3 rings (SSSR count). The van der Waals surface area contributed by atoms with Gasteiger partial charge >= 0.3 is 0 Å². The van der Waals surface area contributed by atoms with Crippen molar-refractivity contribution < 1.29 is 0 Å². The van der Waals surface area contributed by atoms with Crippen LogP contribution in [0.4, 0.5) is 0 Å². The predicted molar refractivity (Wildman–Crippen MR) is 104 cm³/mol. The largest absolute Gasteiger partial charge is 0.322 e. The fraction of sp³-hybridized carbons (Fsp3) is 0.111. The van der Waals surface area contributed by atoms with E-state index in [-0.39, 0.29) is 5.56 Å². The number of imidazole rings is 1. The van der Waals surface area contributed by atoms with Gasteiger partial charge in [-0.15, -0.1) is 18.2 Å². The lowest BCUT2D eigenvalue weighted by molar-refractivity contribution is 0.789. The van der Waals surface area contributed by atoms with Gasteiger partial charge in [0.25, 0.3) is 5.56 Å². The number of hydrogen-bond donors (Lipinski definition) is 2. The van der Waals surface area contributed by atoms with Crippen LogP contribution in [0, 0.1) is 12.3 Å². The number of aromatic amines is 2. The fourth-order valence-corrected chi connectivity index (χ4v) is 3.36. The summed E-state index contributed by atoms with van der Waals surface area (Å²) in [5, 5.41) is 3.65. The molecule has 0 aliphatic carbocycles. The maximum absolute atomic E-state index is 12.3. The van der Waals surface area contributed by atoms with Crippen LogP contribution in [-0.2, 0) is 5.75 Å². The molecule has 0 saturated carbocycles. The predicted octanol–water partition coefficient (Wildman–Crippen LogP) is 3.93. The number of allylic oxidation sites excluding steroid dienone is 3. The summed E-state index contributed by atoms with van der Waals surface area (Å²) in [5.74, 6) is 3.46. The van der Waals surface area contributed by atoms with Gasteiger partial charge in [0.1, 0.15) is 0 Å². The van der Waals surface area contributed by atoms with Gasteiger partial charge in [0.2, 0.25) is 5.95 Å². The third-order valence-electron chi connectivity index (χ3n) is 3.45. The molecule has 0 aliphatic rings. The number of thioether (sulfide) groups is 1. The number of fused-ring (bicyclic) bond motifs is 1. The maximum Gasteiger partial charge on any atom is 0.274 e. The minimum Gasteiger partial charge on any atom is -0.322 e. The number of hydrogen-bond acceptors (Lipinski definition) is 3. The highest BCUT2D eigenvalue weighted by molar-refractivity contribution is 8.02. The van der Waals surface area contributed by atoms with Crippen molar-refractivity contribution in [2.75, 3.05) is 0 Å². The smallest absolute Gasteiger partial charge is 0.274 e. The lowest BCUT2D eigenvalue weighted by Gasteiger charge is -2.03. The maximum atomic E-state index is 12.3. The first-order chi connectivity index (χ1) is 12.1. The van der Waals surface area contributed by atoms with Crippen molar-refractivity contribution in [3.05, 3.63) is 68.5 Å². The van der Waals surface area contributed by atoms with Crippen LogP contribution >= 0.6 is 23.4 Å². The number of aromatic nitrogens is 4. The molecule has 0 atom stereocenters. The molecule has 0 saturated heterocycles. The molecule has 0 unspecified atom stereocenters. The SMILES string of the molecule is C#C/C=C(SCc1cc(=O)n(-c2nc3ccccc3[nH]2)[nH]1)\C(Cl)=C/C. The topological polar surface area (TPSA) is 66.5 Å². The summed E-state index contributed by atoms with van der Waals surface area (Å²) in [6, 6.07) is 9.14. The first-order valence-corrected chi connectivity index (χ1v) is 8.86. The number of halogens is 1. The van der Waals surface area contributed by atoms with Gasteiger partial charge < -0.3 is 4.98 Å². The van der Waals surface area contributed by atoms with E-state index in [1.54, 1.807) is 12.2 Å². The molecule has 7 heteroatoms. The molecular formula is C18H15ClN4OS. The van der Waals surface area contributed by atoms with E-state index in [0.29, 0.717) is 16.7 Å². The summed E-state index contributed by atoms with van der Waals surface area (Å²) in [5.41, 5.74) is 2.23. The second kappa shape index (κ2) is 7.51. The molecule has 3 aromatic rings. The Morgan fingerprint density at radius 1 is 1.48 bits per heavy atom. The van der Waals surface area contributed by atoms with Crippen molar-refractivity contribution in [2.24, 2.45) is 0 Å². The van der Waals surface area contributed by atoms with Crippen molar-refractivity contribution in [1.82, 2.24) is 19.7 Å². The third-order valence-corrected chi connectivity index (χ3v) is 5.09. The molecule has 0 aliphatic heterocycles. The van der Waals surface area contributed by atoms with Crippen LogP contribution in [0.3, 0.4) is 0 Å². The number of nitrogens with zero attached hydrogens (tertiary/aromatic N) is 2. The molecule has 0 radical (unpaired) electrons. The molecular weight excluding hydrogens is 356 g/mol. The number of rotatable bonds is 5. The molecule has 1 aromatic carbocycles. The number of terminal acetylenes is 1. The number of nitrogens with one attached hydrogen (secondary N) is 2. The molecule has 2 heterocycles. The van der Waals surface area contributed by atoms with Gasteiger partial charge in [-0.2, -0.15) is 4.68 Å². The molecule has 0 fully saturated rings. The summed E-state index contributed by atoms with van der Waals surface area (Å²) in [4.78, 5) is 20.6. The summed E-state index contributed by atoms with van der Waals surface area (Å²) in [6.45, 7) is 1.84. The average molecular weight is 371 g/mol. The van der Waals surface area contributed by atoms with Gasteiger partial charge in [-0.05, 0) is 19.1 Å². The number of para-hydroxylation sites is 2. The van der Waals surface area contributed by atoms with Gasteiger partial charge in [-0.3, -0.25) is 9.89 Å². The van der Waals surface area contributed by atoms with Crippen LogP contribution in [0.15, 0.2) is 57.2 Å². The van der Waals surface area contributed by atoms with Gasteiger partial charge in [0.15, 0.2) is 0 Å². The molecule has 0 bridgehead atoms. The van der Waals surface area contributed by atoms with Crippen molar-refractivity contribution >= 4 is 34.4 Å². The van der Waals surface area contributed by atoms with Crippen LogP contribution in [0.1, 0.15) is 12.6 Å². The van der Waals surface area contributed by atoms with E-state index in [4.69, 9.17) is 18.0 Å². The second-order valence-corrected chi connectivity index (χ2v) is 6.56. The third kappa shape index (κ3) is 3.73. The molecule has 0 amide bonds. The van der Waals surface area contributed by atoms with Crippen molar-refractivity contribution in [2.45, 2.75) is 12.7 Å². The van der Waals surface area contributed by atoms with Gasteiger partial charge in [0.05, 0.1) is 16.1 Å². The first kappa shape index (κ1) is 17.2. The first-order valence-electron chi connectivity index (χ1n) is 7.49. The van der Waals surface area contributed by atoms with Crippen LogP contribution in [-0.4, -0.2) is 19.7 Å². The van der Waals surface area contributed by atoms with E-state index in [2.05, 4.69) is 21.0 Å². The van der Waals surface area contributed by atoms with E-state index >= 15 is 0 Å². The van der Waals surface area contributed by atoms with Crippen LogP contribution < -0.4 is 5.56 Å². The van der Waals surface area contributed by atoms with Gasteiger partial charge in [0, 0.05) is 28.5 Å². The van der Waals surface area contributed by atoms with Gasteiger partial charge in [-0.25, -0.2) is 4.98 Å². The fourth-order valence-electron chi connectivity index (χ4n) is 2.27. The molecule has 0 spiro atoms. The molecule has 2 aromatic heterocycles. The van der Waals surface area contributed by atoms with E-state index < -0.39 is 0 Å². The summed E-state index contributed by atoms with van der Waals surface area (Å²) in [6.07, 6.45) is 8.72. The van der Waals surface area contributed by atoms with Crippen LogP contribution in [0.5, 0.6) is 0 Å². The zero-order valence-corrected chi connectivity index (χ0v) is 15.0. The summed E-state index contributed by atoms with van der Waals surface area (Å²) < 4.78 is 1.39. The highest BCUT2D eigenvalue weighted by atomic mass is 35.5. The Balaban J connectivity index is 1.84. The quantitative estimate of drug-likeness (QED) is 0.528. The Kier molecular flexibility index (Phi) is 5.17. The van der Waals surface area contributed by atoms with E-state index in [1.807, 2.05) is 31.2 Å². The minimum absolute atomic E-state index is 0.186. The highest BCUT2D eigenvalue weighted by Crippen LogP contribution is 2.29. The monoisotopic (exact) mass is 370 g/mol. The minimum atomic E-state index is -0.186. The second-order valence-electron chi connectivity index (χ2n) is 5.13. The Hall–Kier alpha value is -2.62. The summed E-state index contributed by atoms with van der Waals surface area (Å²) in [7, 11) is 0. The zero-order chi connectivity index (χ0) is 17.8. The van der Waals surface area contributed by atoms with Crippen LogP contribution in [0.2, 0.25) is 0 Å². The van der Waals surface area contributed by atoms with Crippen molar-refractivity contribution in [1.29, 1.82) is 0 Å². The average Bonchev–Trinajstić information content (AvgIpc) is 3.20. The van der Waals surface area contributed by atoms with E-state index in [1.165, 1.54) is 22.5 Å². The normalized spacial score (nSPS) is 12.5. The van der Waals surface area contributed by atoms with Gasteiger partial charge in [-0.1, -0.05) is 35.7 Å². The Labute approximate surface area is 153 Å².